The number of benzene rings is 1. The second-order valence-electron chi connectivity index (χ2n) is 3.28. The predicted octanol–water partition coefficient (Wildman–Crippen LogP) is 2.96. The van der Waals surface area contributed by atoms with Crippen LogP contribution in [-0.2, 0) is 13.8 Å². The fourth-order valence-electron chi connectivity index (χ4n) is 1.05. The van der Waals surface area contributed by atoms with E-state index in [9.17, 15) is 8.42 Å². The third-order valence-corrected chi connectivity index (χ3v) is 3.72. The number of ether oxygens (including phenoxy) is 2. The van der Waals surface area contributed by atoms with E-state index in [4.69, 9.17) is 43.4 Å². The van der Waals surface area contributed by atoms with Crippen molar-refractivity contribution in [2.75, 3.05) is 25.6 Å². The monoisotopic (exact) mass is 332 g/mol. The molecule has 18 heavy (non-hydrogen) atoms. The molecule has 0 aliphatic carbocycles. The molecule has 0 aliphatic heterocycles. The van der Waals surface area contributed by atoms with Crippen molar-refractivity contribution in [2.24, 2.45) is 0 Å². The van der Waals surface area contributed by atoms with Crippen LogP contribution < -0.4 is 4.74 Å². The number of hydrogen-bond donors (Lipinski definition) is 0. The smallest absolute Gasteiger partial charge is 0.234 e. The van der Waals surface area contributed by atoms with Gasteiger partial charge in [-0.15, -0.1) is 0 Å². The predicted molar refractivity (Wildman–Crippen MR) is 72.4 cm³/mol. The molecule has 0 fully saturated rings. The minimum atomic E-state index is -3.50. The van der Waals surface area contributed by atoms with E-state index < -0.39 is 9.05 Å². The second-order valence-corrected chi connectivity index (χ2v) is 6.99. The van der Waals surface area contributed by atoms with Crippen LogP contribution in [0.2, 0.25) is 10.0 Å². The molecule has 0 unspecified atom stereocenters. The van der Waals surface area contributed by atoms with Crippen molar-refractivity contribution in [3.63, 3.8) is 0 Å². The highest BCUT2D eigenvalue weighted by atomic mass is 35.7. The topological polar surface area (TPSA) is 52.6 Å². The van der Waals surface area contributed by atoms with Crippen LogP contribution in [-0.4, -0.2) is 34.0 Å². The Balaban J connectivity index is 2.20. The van der Waals surface area contributed by atoms with Gasteiger partial charge in [0.1, 0.15) is 12.4 Å². The van der Waals surface area contributed by atoms with Gasteiger partial charge in [-0.3, -0.25) is 0 Å². The van der Waals surface area contributed by atoms with E-state index in [1.54, 1.807) is 18.2 Å². The van der Waals surface area contributed by atoms with Crippen molar-refractivity contribution in [1.29, 1.82) is 0 Å². The van der Waals surface area contributed by atoms with Gasteiger partial charge < -0.3 is 9.47 Å². The van der Waals surface area contributed by atoms with Crippen LogP contribution in [0.4, 0.5) is 0 Å². The normalized spacial score (nSPS) is 11.5. The Kier molecular flexibility index (Phi) is 6.52. The maximum absolute atomic E-state index is 10.6. The third-order valence-electron chi connectivity index (χ3n) is 1.86. The molecule has 0 N–H and O–H groups in total. The van der Waals surface area contributed by atoms with Gasteiger partial charge in [-0.25, -0.2) is 8.42 Å². The molecule has 0 heterocycles. The molecule has 0 atom stereocenters. The van der Waals surface area contributed by atoms with Crippen LogP contribution in [0.3, 0.4) is 0 Å². The first-order chi connectivity index (χ1) is 8.38. The van der Waals surface area contributed by atoms with E-state index in [1.165, 1.54) is 0 Å². The average molecular weight is 334 g/mol. The summed E-state index contributed by atoms with van der Waals surface area (Å²) in [6.45, 7) is 0.573. The quantitative estimate of drug-likeness (QED) is 0.568. The summed E-state index contributed by atoms with van der Waals surface area (Å²) in [7, 11) is 1.51. The highest BCUT2D eigenvalue weighted by molar-refractivity contribution is 8.13. The minimum absolute atomic E-state index is 0.0383. The van der Waals surface area contributed by atoms with Gasteiger partial charge in [0.05, 0.1) is 29.0 Å². The lowest BCUT2D eigenvalue weighted by Crippen LogP contribution is -2.11. The van der Waals surface area contributed by atoms with Gasteiger partial charge in [-0.2, -0.15) is 0 Å². The fraction of sp³-hybridized carbons (Fsp3) is 0.400. The van der Waals surface area contributed by atoms with Crippen molar-refractivity contribution < 1.29 is 17.9 Å². The van der Waals surface area contributed by atoms with Crippen LogP contribution in [0.1, 0.15) is 0 Å². The minimum Gasteiger partial charge on any atom is -0.491 e. The first kappa shape index (κ1) is 15.9. The van der Waals surface area contributed by atoms with Crippen molar-refractivity contribution in [1.82, 2.24) is 0 Å². The molecule has 0 spiro atoms. The average Bonchev–Trinajstić information content (AvgIpc) is 2.26. The fourth-order valence-corrected chi connectivity index (χ4v) is 1.84. The van der Waals surface area contributed by atoms with E-state index in [-0.39, 0.29) is 25.6 Å². The Morgan fingerprint density at radius 1 is 1.06 bits per heavy atom. The molecule has 1 aromatic carbocycles. The summed E-state index contributed by atoms with van der Waals surface area (Å²) in [5.74, 6) is 0.347. The molecule has 0 bridgehead atoms. The summed E-state index contributed by atoms with van der Waals surface area (Å²) in [4.78, 5) is 0. The number of hydrogen-bond acceptors (Lipinski definition) is 4. The SMILES string of the molecule is O=S(=O)(Cl)CCOCCOc1ccc(Cl)c(Cl)c1. The zero-order valence-electron chi connectivity index (χ0n) is 9.24. The van der Waals surface area contributed by atoms with Gasteiger partial charge >= 0.3 is 0 Å². The first-order valence-electron chi connectivity index (χ1n) is 4.96. The molecular formula is C10H11Cl3O4S. The molecule has 0 radical (unpaired) electrons. The van der Waals surface area contributed by atoms with E-state index in [2.05, 4.69) is 0 Å². The van der Waals surface area contributed by atoms with E-state index in [0.717, 1.165) is 0 Å². The highest BCUT2D eigenvalue weighted by Gasteiger charge is 2.04. The van der Waals surface area contributed by atoms with Crippen LogP contribution in [0, 0.1) is 0 Å². The molecule has 1 rings (SSSR count). The van der Waals surface area contributed by atoms with E-state index >= 15 is 0 Å². The Morgan fingerprint density at radius 3 is 2.39 bits per heavy atom. The van der Waals surface area contributed by atoms with Crippen molar-refractivity contribution in [3.8, 4) is 5.75 Å². The maximum atomic E-state index is 10.6. The van der Waals surface area contributed by atoms with Crippen molar-refractivity contribution in [3.05, 3.63) is 28.2 Å². The summed E-state index contributed by atoms with van der Waals surface area (Å²) in [5, 5.41) is 0.857. The second kappa shape index (κ2) is 7.40. The summed E-state index contributed by atoms with van der Waals surface area (Å²) in [6.07, 6.45) is 0. The highest BCUT2D eigenvalue weighted by Crippen LogP contribution is 2.26. The van der Waals surface area contributed by atoms with Crippen molar-refractivity contribution >= 4 is 42.9 Å². The summed E-state index contributed by atoms with van der Waals surface area (Å²) in [5.41, 5.74) is 0. The standard InChI is InChI=1S/C10H11Cl3O4S/c11-9-2-1-8(7-10(9)12)17-4-3-16-5-6-18(13,14)15/h1-2,7H,3-6H2. The molecule has 4 nitrogen and oxygen atoms in total. The largest absolute Gasteiger partial charge is 0.491 e. The lowest BCUT2D eigenvalue weighted by molar-refractivity contribution is 0.111. The Morgan fingerprint density at radius 2 is 1.78 bits per heavy atom. The van der Waals surface area contributed by atoms with Gasteiger partial charge in [0.15, 0.2) is 0 Å². The molecule has 0 saturated carbocycles. The van der Waals surface area contributed by atoms with Crippen LogP contribution in [0.25, 0.3) is 0 Å². The lowest BCUT2D eigenvalue weighted by atomic mass is 10.3. The van der Waals surface area contributed by atoms with Gasteiger partial charge in [-0.05, 0) is 12.1 Å². The molecule has 0 aromatic heterocycles. The van der Waals surface area contributed by atoms with Crippen LogP contribution in [0.5, 0.6) is 5.75 Å². The van der Waals surface area contributed by atoms with Gasteiger partial charge in [0.25, 0.3) is 0 Å². The molecule has 1 aromatic rings. The van der Waals surface area contributed by atoms with Gasteiger partial charge in [0, 0.05) is 16.7 Å². The van der Waals surface area contributed by atoms with Crippen LogP contribution in [0.15, 0.2) is 18.2 Å². The summed E-state index contributed by atoms with van der Waals surface area (Å²) < 4.78 is 31.5. The van der Waals surface area contributed by atoms with Crippen molar-refractivity contribution in [2.45, 2.75) is 0 Å². The van der Waals surface area contributed by atoms with Crippen LogP contribution >= 0.6 is 33.9 Å². The zero-order chi connectivity index (χ0) is 13.6. The van der Waals surface area contributed by atoms with E-state index in [1.807, 2.05) is 0 Å². The number of rotatable bonds is 7. The summed E-state index contributed by atoms with van der Waals surface area (Å²) >= 11 is 11.5. The van der Waals surface area contributed by atoms with E-state index in [0.29, 0.717) is 15.8 Å². The maximum Gasteiger partial charge on any atom is 0.234 e. The molecule has 0 aliphatic rings. The lowest BCUT2D eigenvalue weighted by Gasteiger charge is -2.07. The molecule has 0 saturated heterocycles. The molecule has 0 amide bonds. The van der Waals surface area contributed by atoms with Gasteiger partial charge in [-0.1, -0.05) is 23.2 Å². The Bertz CT molecular complexity index is 490. The summed E-state index contributed by atoms with van der Waals surface area (Å²) in [6, 6.07) is 4.89. The van der Waals surface area contributed by atoms with Gasteiger partial charge in [0.2, 0.25) is 9.05 Å². The Hall–Kier alpha value is -0.200. The molecular weight excluding hydrogens is 323 g/mol. The molecule has 102 valence electrons. The molecule has 8 heteroatoms. The zero-order valence-corrected chi connectivity index (χ0v) is 12.3. The Labute approximate surface area is 120 Å². The number of halogens is 3. The third kappa shape index (κ3) is 6.66. The first-order valence-corrected chi connectivity index (χ1v) is 8.20.